The molecule has 2 N–H and O–H groups in total. The number of hydrogen-bond donors (Lipinski definition) is 1. The Morgan fingerprint density at radius 1 is 1.32 bits per heavy atom. The van der Waals surface area contributed by atoms with Gasteiger partial charge in [-0.1, -0.05) is 19.8 Å². The molecule has 2 nitrogen and oxygen atoms in total. The molecule has 0 aromatic carbocycles. The van der Waals surface area contributed by atoms with Gasteiger partial charge < -0.3 is 5.73 Å². The molecular formula is C15H27BrN2S. The van der Waals surface area contributed by atoms with E-state index in [0.29, 0.717) is 12.1 Å². The first-order valence-corrected chi connectivity index (χ1v) is 8.89. The SMILES string of the molecule is CCCCCN(C(C)C)C(c1cc(Br)cs1)C(C)N. The zero-order valence-electron chi connectivity index (χ0n) is 12.5. The molecule has 0 aliphatic carbocycles. The molecule has 1 aromatic heterocycles. The van der Waals surface area contributed by atoms with E-state index in [2.05, 4.69) is 60.0 Å². The van der Waals surface area contributed by atoms with Crippen LogP contribution >= 0.6 is 27.3 Å². The highest BCUT2D eigenvalue weighted by atomic mass is 79.9. The second-order valence-electron chi connectivity index (χ2n) is 5.51. The molecular weight excluding hydrogens is 320 g/mol. The molecule has 0 bridgehead atoms. The quantitative estimate of drug-likeness (QED) is 0.685. The molecule has 0 amide bonds. The maximum atomic E-state index is 6.27. The smallest absolute Gasteiger partial charge is 0.0593 e. The lowest BCUT2D eigenvalue weighted by atomic mass is 10.0. The van der Waals surface area contributed by atoms with E-state index in [0.717, 1.165) is 11.0 Å². The topological polar surface area (TPSA) is 29.3 Å². The second kappa shape index (κ2) is 8.40. The van der Waals surface area contributed by atoms with E-state index in [-0.39, 0.29) is 6.04 Å². The standard InChI is InChI=1S/C15H27BrN2S/c1-5-6-7-8-18(11(2)3)15(12(4)17)14-9-13(16)10-19-14/h9-12,15H,5-8,17H2,1-4H3. The van der Waals surface area contributed by atoms with Gasteiger partial charge in [0.05, 0.1) is 6.04 Å². The van der Waals surface area contributed by atoms with Crippen molar-refractivity contribution in [3.8, 4) is 0 Å². The number of nitrogens with two attached hydrogens (primary N) is 1. The molecule has 0 spiro atoms. The summed E-state index contributed by atoms with van der Waals surface area (Å²) in [6, 6.07) is 3.21. The largest absolute Gasteiger partial charge is 0.326 e. The van der Waals surface area contributed by atoms with Crippen molar-refractivity contribution in [2.45, 2.75) is 65.1 Å². The van der Waals surface area contributed by atoms with Crippen molar-refractivity contribution in [2.24, 2.45) is 5.73 Å². The molecule has 110 valence electrons. The second-order valence-corrected chi connectivity index (χ2v) is 7.37. The summed E-state index contributed by atoms with van der Waals surface area (Å²) in [5, 5.41) is 2.15. The number of thiophene rings is 1. The summed E-state index contributed by atoms with van der Waals surface area (Å²) in [7, 11) is 0. The molecule has 1 aromatic rings. The van der Waals surface area contributed by atoms with E-state index >= 15 is 0 Å². The van der Waals surface area contributed by atoms with Crippen molar-refractivity contribution in [1.82, 2.24) is 4.90 Å². The molecule has 0 aliphatic heterocycles. The van der Waals surface area contributed by atoms with E-state index in [1.807, 2.05) is 0 Å². The maximum Gasteiger partial charge on any atom is 0.0593 e. The maximum absolute atomic E-state index is 6.27. The van der Waals surface area contributed by atoms with Gasteiger partial charge >= 0.3 is 0 Å². The van der Waals surface area contributed by atoms with E-state index < -0.39 is 0 Å². The predicted octanol–water partition coefficient (Wildman–Crippen LogP) is 4.80. The zero-order valence-corrected chi connectivity index (χ0v) is 14.9. The molecule has 2 unspecified atom stereocenters. The fourth-order valence-corrected chi connectivity index (χ4v) is 4.15. The van der Waals surface area contributed by atoms with Crippen LogP contribution in [0.5, 0.6) is 0 Å². The van der Waals surface area contributed by atoms with Crippen molar-refractivity contribution in [2.75, 3.05) is 6.54 Å². The zero-order chi connectivity index (χ0) is 14.4. The van der Waals surface area contributed by atoms with Crippen molar-refractivity contribution in [3.63, 3.8) is 0 Å². The Balaban J connectivity index is 2.86. The van der Waals surface area contributed by atoms with Gasteiger partial charge in [0.2, 0.25) is 0 Å². The lowest BCUT2D eigenvalue weighted by Crippen LogP contribution is -2.43. The highest BCUT2D eigenvalue weighted by Gasteiger charge is 2.27. The number of halogens is 1. The van der Waals surface area contributed by atoms with Crippen LogP contribution in [0.25, 0.3) is 0 Å². The van der Waals surface area contributed by atoms with Gasteiger partial charge in [0.15, 0.2) is 0 Å². The Bertz CT molecular complexity index is 363. The van der Waals surface area contributed by atoms with Gasteiger partial charge in [0.1, 0.15) is 0 Å². The fourth-order valence-electron chi connectivity index (χ4n) is 2.47. The molecule has 0 aliphatic rings. The first-order valence-electron chi connectivity index (χ1n) is 7.22. The van der Waals surface area contributed by atoms with Crippen LogP contribution in [0, 0.1) is 0 Å². The van der Waals surface area contributed by atoms with Crippen LogP contribution in [0.2, 0.25) is 0 Å². The molecule has 1 rings (SSSR count). The van der Waals surface area contributed by atoms with Crippen LogP contribution in [0.1, 0.15) is 57.9 Å². The van der Waals surface area contributed by atoms with Crippen molar-refractivity contribution >= 4 is 27.3 Å². The minimum atomic E-state index is 0.148. The summed E-state index contributed by atoms with van der Waals surface area (Å²) in [6.07, 6.45) is 3.81. The summed E-state index contributed by atoms with van der Waals surface area (Å²) in [4.78, 5) is 3.92. The predicted molar refractivity (Wildman–Crippen MR) is 89.8 cm³/mol. The van der Waals surface area contributed by atoms with Crippen molar-refractivity contribution < 1.29 is 0 Å². The number of unbranched alkanes of at least 4 members (excludes halogenated alkanes) is 2. The first-order chi connectivity index (χ1) is 8.97. The Morgan fingerprint density at radius 3 is 2.42 bits per heavy atom. The van der Waals surface area contributed by atoms with Gasteiger partial charge in [-0.25, -0.2) is 0 Å². The van der Waals surface area contributed by atoms with Gasteiger partial charge in [-0.3, -0.25) is 4.90 Å². The highest BCUT2D eigenvalue weighted by molar-refractivity contribution is 9.10. The van der Waals surface area contributed by atoms with E-state index in [9.17, 15) is 0 Å². The average molecular weight is 347 g/mol. The molecule has 0 fully saturated rings. The monoisotopic (exact) mass is 346 g/mol. The normalized spacial score (nSPS) is 15.2. The van der Waals surface area contributed by atoms with Gasteiger partial charge in [-0.2, -0.15) is 0 Å². The molecule has 19 heavy (non-hydrogen) atoms. The number of rotatable bonds is 8. The molecule has 2 atom stereocenters. The molecule has 0 saturated carbocycles. The average Bonchev–Trinajstić information content (AvgIpc) is 2.73. The van der Waals surface area contributed by atoms with E-state index in [1.165, 1.54) is 24.1 Å². The molecule has 4 heteroatoms. The van der Waals surface area contributed by atoms with E-state index in [1.54, 1.807) is 11.3 Å². The fraction of sp³-hybridized carbons (Fsp3) is 0.733. The highest BCUT2D eigenvalue weighted by Crippen LogP contribution is 2.32. The lowest BCUT2D eigenvalue weighted by Gasteiger charge is -2.36. The Labute approximate surface area is 130 Å². The summed E-state index contributed by atoms with van der Waals surface area (Å²) < 4.78 is 1.16. The van der Waals surface area contributed by atoms with Gasteiger partial charge in [-0.15, -0.1) is 11.3 Å². The van der Waals surface area contributed by atoms with Crippen LogP contribution in [0.15, 0.2) is 15.9 Å². The van der Waals surface area contributed by atoms with Crippen LogP contribution in [0.3, 0.4) is 0 Å². The summed E-state index contributed by atoms with van der Waals surface area (Å²) in [5.74, 6) is 0. The van der Waals surface area contributed by atoms with Crippen LogP contribution < -0.4 is 5.73 Å². The van der Waals surface area contributed by atoms with Gasteiger partial charge in [0.25, 0.3) is 0 Å². The third-order valence-corrected chi connectivity index (χ3v) is 5.18. The Morgan fingerprint density at radius 2 is 2.00 bits per heavy atom. The molecule has 0 radical (unpaired) electrons. The minimum absolute atomic E-state index is 0.148. The Kier molecular flexibility index (Phi) is 7.58. The van der Waals surface area contributed by atoms with Crippen LogP contribution in [-0.4, -0.2) is 23.5 Å². The first kappa shape index (κ1) is 17.2. The third kappa shape index (κ3) is 5.18. The summed E-state index contributed by atoms with van der Waals surface area (Å²) in [6.45, 7) is 10.0. The van der Waals surface area contributed by atoms with Gasteiger partial charge in [0, 0.05) is 26.8 Å². The van der Waals surface area contributed by atoms with Gasteiger partial charge in [-0.05, 0) is 55.7 Å². The van der Waals surface area contributed by atoms with Crippen molar-refractivity contribution in [3.05, 3.63) is 20.8 Å². The summed E-state index contributed by atoms with van der Waals surface area (Å²) >= 11 is 5.35. The Hall–Kier alpha value is 0.1000. The third-order valence-electron chi connectivity index (χ3n) is 3.42. The lowest BCUT2D eigenvalue weighted by molar-refractivity contribution is 0.135. The molecule has 1 heterocycles. The number of hydrogen-bond acceptors (Lipinski definition) is 3. The number of nitrogens with zero attached hydrogens (tertiary/aromatic N) is 1. The molecule has 0 saturated heterocycles. The van der Waals surface area contributed by atoms with Crippen LogP contribution in [-0.2, 0) is 0 Å². The van der Waals surface area contributed by atoms with E-state index in [4.69, 9.17) is 5.73 Å². The van der Waals surface area contributed by atoms with Crippen LogP contribution in [0.4, 0.5) is 0 Å². The van der Waals surface area contributed by atoms with Crippen molar-refractivity contribution in [1.29, 1.82) is 0 Å². The summed E-state index contributed by atoms with van der Waals surface area (Å²) in [5.41, 5.74) is 6.27. The minimum Gasteiger partial charge on any atom is -0.326 e.